The number of hydrogen-bond donors (Lipinski definition) is 1. The monoisotopic (exact) mass is 426 g/mol. The lowest BCUT2D eigenvalue weighted by molar-refractivity contribution is 0.102. The molecule has 0 spiro atoms. The smallest absolute Gasteiger partial charge is 0.275 e. The van der Waals surface area contributed by atoms with Gasteiger partial charge < -0.3 is 10.1 Å². The molecule has 2 heterocycles. The molecule has 4 rings (SSSR count). The van der Waals surface area contributed by atoms with Crippen molar-refractivity contribution in [2.75, 3.05) is 12.4 Å². The predicted octanol–water partition coefficient (Wildman–Crippen LogP) is 5.73. The molecule has 0 aliphatic heterocycles. The summed E-state index contributed by atoms with van der Waals surface area (Å²) in [6, 6.07) is 7.51. The first-order valence-electron chi connectivity index (χ1n) is 10.4. The Hall–Kier alpha value is -2.60. The molecule has 7 heteroatoms. The molecule has 1 aliphatic carbocycles. The first kappa shape index (κ1) is 20.7. The number of rotatable bonds is 5. The average Bonchev–Trinajstić information content (AvgIpc) is 3.16. The van der Waals surface area contributed by atoms with Crippen LogP contribution >= 0.6 is 11.6 Å². The van der Waals surface area contributed by atoms with E-state index < -0.39 is 0 Å². The largest absolute Gasteiger partial charge is 0.494 e. The van der Waals surface area contributed by atoms with Gasteiger partial charge in [-0.25, -0.2) is 4.98 Å². The molecule has 1 aliphatic rings. The molecule has 0 bridgehead atoms. The molecule has 0 saturated heterocycles. The van der Waals surface area contributed by atoms with Crippen LogP contribution in [0.25, 0.3) is 10.9 Å². The lowest BCUT2D eigenvalue weighted by Crippen LogP contribution is -2.21. The van der Waals surface area contributed by atoms with Gasteiger partial charge in [-0.2, -0.15) is 5.10 Å². The first-order chi connectivity index (χ1) is 14.5. The van der Waals surface area contributed by atoms with E-state index in [-0.39, 0.29) is 11.6 Å². The fraction of sp³-hybridized carbons (Fsp3) is 0.435. The van der Waals surface area contributed by atoms with Crippen molar-refractivity contribution < 1.29 is 9.53 Å². The number of methoxy groups -OCH3 is 1. The Bertz CT molecular complexity index is 1050. The van der Waals surface area contributed by atoms with Crippen molar-refractivity contribution in [3.05, 3.63) is 47.4 Å². The lowest BCUT2D eigenvalue weighted by Gasteiger charge is -2.30. The number of pyridine rings is 1. The maximum atomic E-state index is 12.6. The van der Waals surface area contributed by atoms with E-state index in [0.717, 1.165) is 35.6 Å². The number of amides is 1. The summed E-state index contributed by atoms with van der Waals surface area (Å²) in [5.74, 6) is 1.73. The van der Waals surface area contributed by atoms with Gasteiger partial charge in [-0.15, -0.1) is 0 Å². The summed E-state index contributed by atoms with van der Waals surface area (Å²) in [5.41, 5.74) is 1.60. The number of anilines is 1. The van der Waals surface area contributed by atoms with Gasteiger partial charge >= 0.3 is 0 Å². The fourth-order valence-electron chi connectivity index (χ4n) is 4.29. The minimum Gasteiger partial charge on any atom is -0.494 e. The number of fused-ring (bicyclic) bond motifs is 1. The molecule has 2 aromatic heterocycles. The van der Waals surface area contributed by atoms with Gasteiger partial charge in [0, 0.05) is 23.8 Å². The zero-order valence-corrected chi connectivity index (χ0v) is 18.3. The van der Waals surface area contributed by atoms with E-state index in [2.05, 4.69) is 35.0 Å². The molecule has 158 valence electrons. The lowest BCUT2D eigenvalue weighted by atomic mass is 9.80. The number of benzene rings is 1. The molecule has 1 aromatic carbocycles. The first-order valence-corrected chi connectivity index (χ1v) is 10.8. The van der Waals surface area contributed by atoms with Crippen LogP contribution < -0.4 is 10.1 Å². The predicted molar refractivity (Wildman–Crippen MR) is 119 cm³/mol. The molecular formula is C23H27ClN4O2. The second-order valence-electron chi connectivity index (χ2n) is 8.32. The Kier molecular flexibility index (Phi) is 5.95. The number of halogens is 1. The van der Waals surface area contributed by atoms with Gasteiger partial charge in [0.1, 0.15) is 11.4 Å². The normalized spacial score (nSPS) is 19.2. The van der Waals surface area contributed by atoms with E-state index in [1.54, 1.807) is 25.4 Å². The number of carbonyl (C=O) groups excluding carboxylic acids is 1. The Morgan fingerprint density at radius 2 is 2.03 bits per heavy atom. The fourth-order valence-corrected chi connectivity index (χ4v) is 4.50. The summed E-state index contributed by atoms with van der Waals surface area (Å²) in [6.45, 7) is 4.63. The number of nitrogens with one attached hydrogen (secondary N) is 1. The van der Waals surface area contributed by atoms with Crippen molar-refractivity contribution >= 4 is 34.1 Å². The van der Waals surface area contributed by atoms with Crippen LogP contribution in [0.3, 0.4) is 0 Å². The molecule has 1 fully saturated rings. The molecule has 1 N–H and O–H groups in total. The summed E-state index contributed by atoms with van der Waals surface area (Å²) in [7, 11) is 1.58. The number of nitrogens with zero attached hydrogens (tertiary/aromatic N) is 3. The summed E-state index contributed by atoms with van der Waals surface area (Å²) >= 11 is 6.11. The van der Waals surface area contributed by atoms with Crippen molar-refractivity contribution in [1.82, 2.24) is 14.8 Å². The highest BCUT2D eigenvalue weighted by molar-refractivity contribution is 6.34. The zero-order valence-electron chi connectivity index (χ0n) is 17.6. The van der Waals surface area contributed by atoms with Crippen molar-refractivity contribution in [1.29, 1.82) is 0 Å². The highest BCUT2D eigenvalue weighted by Crippen LogP contribution is 2.37. The van der Waals surface area contributed by atoms with Gasteiger partial charge in [0.05, 0.1) is 29.4 Å². The van der Waals surface area contributed by atoms with Gasteiger partial charge in [0.25, 0.3) is 5.91 Å². The molecular weight excluding hydrogens is 400 g/mol. The Balaban J connectivity index is 1.58. The van der Waals surface area contributed by atoms with Crippen LogP contribution in [0.15, 0.2) is 36.7 Å². The highest BCUT2D eigenvalue weighted by Gasteiger charge is 2.25. The number of hydrogen-bond acceptors (Lipinski definition) is 4. The number of aromatic nitrogens is 3. The van der Waals surface area contributed by atoms with E-state index in [9.17, 15) is 4.79 Å². The van der Waals surface area contributed by atoms with Gasteiger partial charge in [0.15, 0.2) is 0 Å². The van der Waals surface area contributed by atoms with E-state index in [1.165, 1.54) is 12.8 Å². The summed E-state index contributed by atoms with van der Waals surface area (Å²) in [4.78, 5) is 16.7. The number of ether oxygens (including phenoxy) is 1. The second-order valence-corrected chi connectivity index (χ2v) is 8.73. The van der Waals surface area contributed by atoms with Crippen LogP contribution in [-0.4, -0.2) is 27.8 Å². The van der Waals surface area contributed by atoms with Gasteiger partial charge in [-0.1, -0.05) is 25.4 Å². The molecule has 1 amide bonds. The number of carbonyl (C=O) groups is 1. The van der Waals surface area contributed by atoms with E-state index >= 15 is 0 Å². The van der Waals surface area contributed by atoms with E-state index in [0.29, 0.717) is 22.5 Å². The quantitative estimate of drug-likeness (QED) is 0.565. The summed E-state index contributed by atoms with van der Waals surface area (Å²) in [6.07, 6.45) is 8.39. The van der Waals surface area contributed by atoms with E-state index in [4.69, 9.17) is 21.4 Å². The summed E-state index contributed by atoms with van der Waals surface area (Å²) < 4.78 is 7.58. The third kappa shape index (κ3) is 4.15. The van der Waals surface area contributed by atoms with Crippen LogP contribution in [0, 0.1) is 11.8 Å². The Morgan fingerprint density at radius 1 is 1.27 bits per heavy atom. The maximum Gasteiger partial charge on any atom is 0.275 e. The average molecular weight is 427 g/mol. The van der Waals surface area contributed by atoms with Crippen LogP contribution in [0.5, 0.6) is 5.75 Å². The van der Waals surface area contributed by atoms with Gasteiger partial charge in [-0.05, 0) is 55.7 Å². The molecule has 30 heavy (non-hydrogen) atoms. The van der Waals surface area contributed by atoms with E-state index in [1.807, 2.05) is 12.1 Å². The molecule has 1 saturated carbocycles. The molecule has 0 atom stereocenters. The Morgan fingerprint density at radius 3 is 2.70 bits per heavy atom. The highest BCUT2D eigenvalue weighted by atomic mass is 35.5. The van der Waals surface area contributed by atoms with Crippen LogP contribution in [0.4, 0.5) is 5.69 Å². The van der Waals surface area contributed by atoms with Crippen molar-refractivity contribution in [3.63, 3.8) is 0 Å². The van der Waals surface area contributed by atoms with Gasteiger partial charge in [0.2, 0.25) is 0 Å². The molecule has 6 nitrogen and oxygen atoms in total. The third-order valence-corrected chi connectivity index (χ3v) is 6.43. The molecule has 0 unspecified atom stereocenters. The van der Waals surface area contributed by atoms with Crippen LogP contribution in [0.1, 0.15) is 56.1 Å². The van der Waals surface area contributed by atoms with Crippen LogP contribution in [-0.2, 0) is 0 Å². The Labute approximate surface area is 181 Å². The zero-order chi connectivity index (χ0) is 21.3. The summed E-state index contributed by atoms with van der Waals surface area (Å²) in [5, 5.41) is 8.94. The standard InChI is InChI=1S/C23H27ClN4O2/c1-14(2)15-6-8-17(9-7-15)28-13-16-11-20(21(30-3)12-19(16)27-28)26-23(29)22-18(24)5-4-10-25-22/h4-5,10-15,17H,6-9H2,1-3H3,(H,26,29). The van der Waals surface area contributed by atoms with Gasteiger partial charge in [-0.3, -0.25) is 9.48 Å². The molecule has 0 radical (unpaired) electrons. The van der Waals surface area contributed by atoms with Crippen molar-refractivity contribution in [2.45, 2.75) is 45.6 Å². The SMILES string of the molecule is COc1cc2nn(C3CCC(C(C)C)CC3)cc2cc1NC(=O)c1ncccc1Cl. The minimum atomic E-state index is -0.377. The molecule has 3 aromatic rings. The van der Waals surface area contributed by atoms with Crippen molar-refractivity contribution in [2.24, 2.45) is 11.8 Å². The van der Waals surface area contributed by atoms with Crippen molar-refractivity contribution in [3.8, 4) is 5.75 Å². The topological polar surface area (TPSA) is 69.0 Å². The minimum absolute atomic E-state index is 0.180. The van der Waals surface area contributed by atoms with Crippen LogP contribution in [0.2, 0.25) is 5.02 Å². The third-order valence-electron chi connectivity index (χ3n) is 6.12. The second kappa shape index (κ2) is 8.64. The maximum absolute atomic E-state index is 12.6.